The van der Waals surface area contributed by atoms with Crippen LogP contribution in [0.25, 0.3) is 11.1 Å². The SMILES string of the molecule is O=C(O)[C@@H]1CCCN1C(=O)c1cccc(COc2ccc(-c3cccc4c3OCC4)cc2)c1. The first-order valence-corrected chi connectivity index (χ1v) is 11.2. The highest BCUT2D eigenvalue weighted by Crippen LogP contribution is 2.37. The summed E-state index contributed by atoms with van der Waals surface area (Å²) in [5.41, 5.74) is 4.74. The summed E-state index contributed by atoms with van der Waals surface area (Å²) in [5.74, 6) is 0.504. The molecular formula is C27H25NO5. The minimum Gasteiger partial charge on any atom is -0.492 e. The molecule has 0 bridgehead atoms. The van der Waals surface area contributed by atoms with E-state index >= 15 is 0 Å². The van der Waals surface area contributed by atoms with Gasteiger partial charge in [0.15, 0.2) is 0 Å². The number of benzene rings is 3. The summed E-state index contributed by atoms with van der Waals surface area (Å²) in [6.07, 6.45) is 2.15. The maximum absolute atomic E-state index is 12.9. The molecular weight excluding hydrogens is 418 g/mol. The molecule has 1 saturated heterocycles. The van der Waals surface area contributed by atoms with E-state index in [9.17, 15) is 14.7 Å². The van der Waals surface area contributed by atoms with Crippen molar-refractivity contribution in [3.05, 3.63) is 83.4 Å². The van der Waals surface area contributed by atoms with E-state index < -0.39 is 12.0 Å². The molecule has 0 spiro atoms. The number of carbonyl (C=O) groups is 2. The number of likely N-dealkylation sites (tertiary alicyclic amines) is 1. The zero-order valence-electron chi connectivity index (χ0n) is 18.2. The molecule has 0 aromatic heterocycles. The number of hydrogen-bond donors (Lipinski definition) is 1. The fourth-order valence-electron chi connectivity index (χ4n) is 4.57. The lowest BCUT2D eigenvalue weighted by atomic mass is 10.0. The zero-order valence-corrected chi connectivity index (χ0v) is 18.2. The molecule has 0 radical (unpaired) electrons. The van der Waals surface area contributed by atoms with Crippen molar-refractivity contribution in [1.82, 2.24) is 4.90 Å². The summed E-state index contributed by atoms with van der Waals surface area (Å²) >= 11 is 0. The third kappa shape index (κ3) is 4.29. The number of carboxylic acids is 1. The Hall–Kier alpha value is -3.80. The van der Waals surface area contributed by atoms with Crippen molar-refractivity contribution in [3.63, 3.8) is 0 Å². The Bertz CT molecular complexity index is 1190. The van der Waals surface area contributed by atoms with Crippen LogP contribution in [0.2, 0.25) is 0 Å². The van der Waals surface area contributed by atoms with Crippen LogP contribution >= 0.6 is 0 Å². The van der Waals surface area contributed by atoms with Crippen molar-refractivity contribution in [2.75, 3.05) is 13.2 Å². The molecule has 2 aliphatic heterocycles. The molecule has 5 rings (SSSR count). The van der Waals surface area contributed by atoms with E-state index in [0.717, 1.165) is 41.2 Å². The van der Waals surface area contributed by atoms with E-state index in [0.29, 0.717) is 31.6 Å². The fraction of sp³-hybridized carbons (Fsp3) is 0.259. The molecule has 6 nitrogen and oxygen atoms in total. The largest absolute Gasteiger partial charge is 0.492 e. The molecule has 1 N–H and O–H groups in total. The predicted molar refractivity (Wildman–Crippen MR) is 124 cm³/mol. The van der Waals surface area contributed by atoms with Crippen LogP contribution in [0.4, 0.5) is 0 Å². The van der Waals surface area contributed by atoms with Crippen molar-refractivity contribution >= 4 is 11.9 Å². The molecule has 6 heteroatoms. The average Bonchev–Trinajstić information content (AvgIpc) is 3.52. The van der Waals surface area contributed by atoms with Gasteiger partial charge < -0.3 is 19.5 Å². The Balaban J connectivity index is 1.25. The molecule has 0 unspecified atom stereocenters. The van der Waals surface area contributed by atoms with E-state index in [4.69, 9.17) is 9.47 Å². The lowest BCUT2D eigenvalue weighted by Crippen LogP contribution is -2.40. The van der Waals surface area contributed by atoms with Gasteiger partial charge in [-0.15, -0.1) is 0 Å². The van der Waals surface area contributed by atoms with Gasteiger partial charge in [-0.3, -0.25) is 4.79 Å². The summed E-state index contributed by atoms with van der Waals surface area (Å²) in [7, 11) is 0. The van der Waals surface area contributed by atoms with Crippen LogP contribution in [0.1, 0.15) is 34.3 Å². The second kappa shape index (κ2) is 8.98. The van der Waals surface area contributed by atoms with Crippen molar-refractivity contribution in [1.29, 1.82) is 0 Å². The summed E-state index contributed by atoms with van der Waals surface area (Å²) in [5, 5.41) is 9.36. The first-order valence-electron chi connectivity index (χ1n) is 11.2. The van der Waals surface area contributed by atoms with E-state index in [1.807, 2.05) is 30.3 Å². The molecule has 3 aromatic rings. The van der Waals surface area contributed by atoms with Crippen molar-refractivity contribution in [2.45, 2.75) is 31.9 Å². The van der Waals surface area contributed by atoms with Crippen LogP contribution in [-0.4, -0.2) is 41.1 Å². The predicted octanol–water partition coefficient (Wildman–Crippen LogP) is 4.56. The third-order valence-corrected chi connectivity index (χ3v) is 6.26. The molecule has 1 atom stereocenters. The van der Waals surface area contributed by atoms with Gasteiger partial charge in [-0.05, 0) is 53.8 Å². The Morgan fingerprint density at radius 1 is 1.06 bits per heavy atom. The van der Waals surface area contributed by atoms with Crippen LogP contribution in [-0.2, 0) is 17.8 Å². The second-order valence-corrected chi connectivity index (χ2v) is 8.40. The Morgan fingerprint density at radius 3 is 2.70 bits per heavy atom. The minimum absolute atomic E-state index is 0.247. The standard InChI is InChI=1S/C27H25NO5/c29-26(28-14-3-8-24(28)27(30)31)21-6-1-4-18(16-21)17-33-22-11-9-19(10-12-22)23-7-2-5-20-13-15-32-25(20)23/h1-2,4-7,9-12,16,24H,3,8,13-15,17H2,(H,30,31)/t24-/m0/s1. The Kier molecular flexibility index (Phi) is 5.73. The highest BCUT2D eigenvalue weighted by molar-refractivity contribution is 5.97. The number of rotatable bonds is 6. The monoisotopic (exact) mass is 443 g/mol. The first kappa shape index (κ1) is 21.1. The average molecular weight is 443 g/mol. The van der Waals surface area contributed by atoms with Gasteiger partial charge in [0.2, 0.25) is 0 Å². The number of carbonyl (C=O) groups excluding carboxylic acids is 1. The van der Waals surface area contributed by atoms with E-state index in [-0.39, 0.29) is 5.91 Å². The molecule has 33 heavy (non-hydrogen) atoms. The molecule has 1 fully saturated rings. The van der Waals surface area contributed by atoms with Crippen molar-refractivity contribution in [3.8, 4) is 22.6 Å². The Morgan fingerprint density at radius 2 is 1.88 bits per heavy atom. The highest BCUT2D eigenvalue weighted by atomic mass is 16.5. The lowest BCUT2D eigenvalue weighted by Gasteiger charge is -2.21. The van der Waals surface area contributed by atoms with Crippen molar-refractivity contribution < 1.29 is 24.2 Å². The number of para-hydroxylation sites is 1. The number of amides is 1. The molecule has 3 aromatic carbocycles. The number of hydrogen-bond acceptors (Lipinski definition) is 4. The van der Waals surface area contributed by atoms with Crippen LogP contribution in [0.5, 0.6) is 11.5 Å². The summed E-state index contributed by atoms with van der Waals surface area (Å²) in [6, 6.07) is 20.6. The number of nitrogens with zero attached hydrogens (tertiary/aromatic N) is 1. The molecule has 2 aliphatic rings. The molecule has 0 saturated carbocycles. The van der Waals surface area contributed by atoms with Crippen LogP contribution in [0, 0.1) is 0 Å². The second-order valence-electron chi connectivity index (χ2n) is 8.40. The van der Waals surface area contributed by atoms with E-state index in [1.54, 1.807) is 18.2 Å². The van der Waals surface area contributed by atoms with E-state index in [1.165, 1.54) is 10.5 Å². The van der Waals surface area contributed by atoms with Crippen LogP contribution in [0.15, 0.2) is 66.7 Å². The molecule has 168 valence electrons. The number of aliphatic carboxylic acids is 1. The lowest BCUT2D eigenvalue weighted by molar-refractivity contribution is -0.141. The van der Waals surface area contributed by atoms with Crippen molar-refractivity contribution in [2.24, 2.45) is 0 Å². The van der Waals surface area contributed by atoms with Crippen LogP contribution in [0.3, 0.4) is 0 Å². The number of ether oxygens (including phenoxy) is 2. The summed E-state index contributed by atoms with van der Waals surface area (Å²) < 4.78 is 11.8. The minimum atomic E-state index is -0.948. The van der Waals surface area contributed by atoms with Gasteiger partial charge >= 0.3 is 5.97 Å². The number of fused-ring (bicyclic) bond motifs is 1. The van der Waals surface area contributed by atoms with Gasteiger partial charge in [-0.1, -0.05) is 42.5 Å². The quantitative estimate of drug-likeness (QED) is 0.605. The smallest absolute Gasteiger partial charge is 0.326 e. The van der Waals surface area contributed by atoms with Gasteiger partial charge in [-0.25, -0.2) is 4.79 Å². The molecule has 1 amide bonds. The van der Waals surface area contributed by atoms with Gasteiger partial charge in [0.25, 0.3) is 5.91 Å². The fourth-order valence-corrected chi connectivity index (χ4v) is 4.57. The van der Waals surface area contributed by atoms with Gasteiger partial charge in [0.1, 0.15) is 24.1 Å². The maximum atomic E-state index is 12.9. The summed E-state index contributed by atoms with van der Waals surface area (Å²) in [4.78, 5) is 25.7. The third-order valence-electron chi connectivity index (χ3n) is 6.26. The normalized spacial score (nSPS) is 16.8. The van der Waals surface area contributed by atoms with Crippen LogP contribution < -0.4 is 9.47 Å². The van der Waals surface area contributed by atoms with E-state index in [2.05, 4.69) is 18.2 Å². The first-order chi connectivity index (χ1) is 16.1. The number of carboxylic acid groups (broad SMARTS) is 1. The zero-order chi connectivity index (χ0) is 22.8. The topological polar surface area (TPSA) is 76.1 Å². The molecule has 0 aliphatic carbocycles. The van der Waals surface area contributed by atoms with Gasteiger partial charge in [0.05, 0.1) is 6.61 Å². The highest BCUT2D eigenvalue weighted by Gasteiger charge is 2.34. The maximum Gasteiger partial charge on any atom is 0.326 e. The van der Waals surface area contributed by atoms with Gasteiger partial charge in [-0.2, -0.15) is 0 Å². The summed E-state index contributed by atoms with van der Waals surface area (Å²) in [6.45, 7) is 1.51. The Labute approximate surface area is 192 Å². The molecule has 2 heterocycles. The van der Waals surface area contributed by atoms with Gasteiger partial charge in [0, 0.05) is 24.1 Å².